The van der Waals surface area contributed by atoms with Crippen molar-refractivity contribution in [1.29, 1.82) is 0 Å². The number of hydrogen-bond acceptors (Lipinski definition) is 3. The Kier molecular flexibility index (Phi) is 4.59. The number of pyridine rings is 1. The van der Waals surface area contributed by atoms with E-state index >= 15 is 0 Å². The number of aryl methyl sites for hydroxylation is 1. The summed E-state index contributed by atoms with van der Waals surface area (Å²) in [6.07, 6.45) is 4.06. The molecule has 2 aromatic carbocycles. The van der Waals surface area contributed by atoms with E-state index in [4.69, 9.17) is 21.3 Å². The van der Waals surface area contributed by atoms with Gasteiger partial charge in [0.1, 0.15) is 24.0 Å². The molecule has 0 amide bonds. The Labute approximate surface area is 177 Å². The smallest absolute Gasteiger partial charge is 0.258 e. The Bertz CT molecular complexity index is 1320. The molecule has 0 N–H and O–H groups in total. The van der Waals surface area contributed by atoms with Crippen LogP contribution in [0.4, 0.5) is 4.39 Å². The molecule has 0 saturated heterocycles. The first-order valence-corrected chi connectivity index (χ1v) is 10.1. The molecule has 5 nitrogen and oxygen atoms in total. The van der Waals surface area contributed by atoms with E-state index in [2.05, 4.69) is 4.57 Å². The number of ether oxygens (including phenoxy) is 1. The minimum atomic E-state index is -0.497. The van der Waals surface area contributed by atoms with Crippen molar-refractivity contribution in [3.63, 3.8) is 0 Å². The first kappa shape index (κ1) is 18.9. The minimum absolute atomic E-state index is 0.0657. The molecule has 0 atom stereocenters. The van der Waals surface area contributed by atoms with Gasteiger partial charge in [0.05, 0.1) is 21.7 Å². The van der Waals surface area contributed by atoms with E-state index in [-0.39, 0.29) is 17.2 Å². The number of imidazole rings is 1. The molecule has 152 valence electrons. The SMILES string of the molecule is Cn1c(C2CC2)nc2ccc(-n3ccc(OCc4ccc(Cl)c(F)c4)cc3=O)cc21. The van der Waals surface area contributed by atoms with Crippen LogP contribution in [-0.2, 0) is 13.7 Å². The van der Waals surface area contributed by atoms with Crippen LogP contribution in [0, 0.1) is 5.82 Å². The van der Waals surface area contributed by atoms with Crippen LogP contribution in [0.25, 0.3) is 16.7 Å². The quantitative estimate of drug-likeness (QED) is 0.455. The third kappa shape index (κ3) is 3.48. The normalized spacial score (nSPS) is 13.7. The van der Waals surface area contributed by atoms with Crippen LogP contribution in [0.3, 0.4) is 0 Å². The van der Waals surface area contributed by atoms with Gasteiger partial charge < -0.3 is 9.30 Å². The summed E-state index contributed by atoms with van der Waals surface area (Å²) in [6.45, 7) is 0.141. The predicted molar refractivity (Wildman–Crippen MR) is 114 cm³/mol. The molecule has 7 heteroatoms. The van der Waals surface area contributed by atoms with Crippen LogP contribution in [0.5, 0.6) is 5.75 Å². The van der Waals surface area contributed by atoms with Gasteiger partial charge in [-0.1, -0.05) is 17.7 Å². The first-order valence-electron chi connectivity index (χ1n) is 9.76. The number of rotatable bonds is 5. The molecule has 0 spiro atoms. The zero-order valence-electron chi connectivity index (χ0n) is 16.3. The number of nitrogens with zero attached hydrogens (tertiary/aromatic N) is 3. The summed E-state index contributed by atoms with van der Waals surface area (Å²) in [5.74, 6) is 1.59. The molecule has 4 aromatic rings. The molecular weight excluding hydrogens is 405 g/mol. The van der Waals surface area contributed by atoms with Gasteiger partial charge in [0.25, 0.3) is 5.56 Å². The van der Waals surface area contributed by atoms with Crippen LogP contribution < -0.4 is 10.3 Å². The van der Waals surface area contributed by atoms with Crippen molar-refractivity contribution in [2.24, 2.45) is 7.05 Å². The van der Waals surface area contributed by atoms with Crippen molar-refractivity contribution in [2.75, 3.05) is 0 Å². The highest BCUT2D eigenvalue weighted by atomic mass is 35.5. The van der Waals surface area contributed by atoms with Crippen molar-refractivity contribution in [2.45, 2.75) is 25.4 Å². The Morgan fingerprint density at radius 2 is 2.00 bits per heavy atom. The summed E-state index contributed by atoms with van der Waals surface area (Å²) in [6, 6.07) is 13.5. The third-order valence-corrected chi connectivity index (χ3v) is 5.71. The zero-order valence-corrected chi connectivity index (χ0v) is 17.1. The summed E-state index contributed by atoms with van der Waals surface area (Å²) >= 11 is 5.69. The van der Waals surface area contributed by atoms with Crippen molar-refractivity contribution >= 4 is 22.6 Å². The number of aromatic nitrogens is 3. The van der Waals surface area contributed by atoms with Crippen molar-refractivity contribution in [3.05, 3.63) is 87.3 Å². The summed E-state index contributed by atoms with van der Waals surface area (Å²) in [4.78, 5) is 17.4. The van der Waals surface area contributed by atoms with Gasteiger partial charge in [-0.25, -0.2) is 9.37 Å². The average molecular weight is 424 g/mol. The molecule has 0 bridgehead atoms. The highest BCUT2D eigenvalue weighted by Crippen LogP contribution is 2.40. The molecule has 2 aromatic heterocycles. The largest absolute Gasteiger partial charge is 0.489 e. The Hall–Kier alpha value is -3.12. The number of fused-ring (bicyclic) bond motifs is 1. The monoisotopic (exact) mass is 423 g/mol. The highest BCUT2D eigenvalue weighted by molar-refractivity contribution is 6.30. The standard InChI is InChI=1S/C23H19ClFN3O2/c1-27-21-11-16(5-7-20(21)26-23(27)15-3-4-15)28-9-8-17(12-22(28)29)30-13-14-2-6-18(24)19(25)10-14/h2,5-12,15H,3-4,13H2,1H3. The average Bonchev–Trinajstić information content (AvgIpc) is 3.53. The molecule has 0 unspecified atom stereocenters. The Balaban J connectivity index is 1.39. The topological polar surface area (TPSA) is 49.0 Å². The van der Waals surface area contributed by atoms with Gasteiger partial charge in [0, 0.05) is 25.2 Å². The van der Waals surface area contributed by atoms with Crippen molar-refractivity contribution in [3.8, 4) is 11.4 Å². The lowest BCUT2D eigenvalue weighted by atomic mass is 10.2. The van der Waals surface area contributed by atoms with Gasteiger partial charge in [-0.2, -0.15) is 0 Å². The maximum absolute atomic E-state index is 13.6. The van der Waals surface area contributed by atoms with Gasteiger partial charge in [0.2, 0.25) is 0 Å². The van der Waals surface area contributed by atoms with E-state index in [0.717, 1.165) is 22.5 Å². The first-order chi connectivity index (χ1) is 14.5. The van der Waals surface area contributed by atoms with E-state index in [1.54, 1.807) is 22.9 Å². The lowest BCUT2D eigenvalue weighted by Gasteiger charge is -2.10. The second-order valence-corrected chi connectivity index (χ2v) is 7.99. The van der Waals surface area contributed by atoms with Crippen LogP contribution in [-0.4, -0.2) is 14.1 Å². The maximum Gasteiger partial charge on any atom is 0.258 e. The van der Waals surface area contributed by atoms with Crippen LogP contribution in [0.2, 0.25) is 5.02 Å². The molecular formula is C23H19ClFN3O2. The van der Waals surface area contributed by atoms with Crippen LogP contribution >= 0.6 is 11.6 Å². The Morgan fingerprint density at radius 1 is 1.17 bits per heavy atom. The number of benzene rings is 2. The molecule has 1 aliphatic rings. The zero-order chi connectivity index (χ0) is 20.8. The maximum atomic E-state index is 13.6. The minimum Gasteiger partial charge on any atom is -0.489 e. The van der Waals surface area contributed by atoms with Crippen molar-refractivity contribution in [1.82, 2.24) is 14.1 Å². The molecule has 5 rings (SSSR count). The molecule has 1 fully saturated rings. The molecule has 2 heterocycles. The van der Waals surface area contributed by atoms with Crippen LogP contribution in [0.15, 0.2) is 59.5 Å². The molecule has 1 saturated carbocycles. The molecule has 30 heavy (non-hydrogen) atoms. The van der Waals surface area contributed by atoms with Crippen molar-refractivity contribution < 1.29 is 9.13 Å². The predicted octanol–water partition coefficient (Wildman–Crippen LogP) is 4.97. The lowest BCUT2D eigenvalue weighted by Crippen LogP contribution is -2.16. The summed E-state index contributed by atoms with van der Waals surface area (Å²) < 4.78 is 22.9. The summed E-state index contributed by atoms with van der Waals surface area (Å²) in [5, 5.41) is 0.0657. The molecule has 1 aliphatic carbocycles. The van der Waals surface area contributed by atoms with Gasteiger partial charge in [-0.15, -0.1) is 0 Å². The second-order valence-electron chi connectivity index (χ2n) is 7.58. The number of hydrogen-bond donors (Lipinski definition) is 0. The molecule has 0 radical (unpaired) electrons. The van der Waals surface area contributed by atoms with Gasteiger partial charge in [-0.3, -0.25) is 9.36 Å². The van der Waals surface area contributed by atoms with Gasteiger partial charge in [0.15, 0.2) is 0 Å². The fraction of sp³-hybridized carbons (Fsp3) is 0.217. The second kappa shape index (κ2) is 7.29. The highest BCUT2D eigenvalue weighted by Gasteiger charge is 2.28. The summed E-state index contributed by atoms with van der Waals surface area (Å²) in [7, 11) is 2.02. The fourth-order valence-corrected chi connectivity index (χ4v) is 3.73. The van der Waals surface area contributed by atoms with E-state index in [1.165, 1.54) is 31.0 Å². The summed E-state index contributed by atoms with van der Waals surface area (Å²) in [5.41, 5.74) is 3.13. The van der Waals surface area contributed by atoms with E-state index < -0.39 is 5.82 Å². The van der Waals surface area contributed by atoms with E-state index in [0.29, 0.717) is 17.2 Å². The Morgan fingerprint density at radius 3 is 2.73 bits per heavy atom. The van der Waals surface area contributed by atoms with Gasteiger partial charge in [-0.05, 0) is 54.8 Å². The number of halogens is 2. The molecule has 0 aliphatic heterocycles. The van der Waals surface area contributed by atoms with E-state index in [9.17, 15) is 9.18 Å². The van der Waals surface area contributed by atoms with E-state index in [1.807, 2.05) is 25.2 Å². The van der Waals surface area contributed by atoms with Crippen LogP contribution in [0.1, 0.15) is 30.1 Å². The fourth-order valence-electron chi connectivity index (χ4n) is 3.61. The lowest BCUT2D eigenvalue weighted by molar-refractivity contribution is 0.304. The third-order valence-electron chi connectivity index (χ3n) is 5.40. The van der Waals surface area contributed by atoms with Gasteiger partial charge >= 0.3 is 0 Å².